The maximum absolute atomic E-state index is 12.5. The lowest BCUT2D eigenvalue weighted by Crippen LogP contribution is -2.46. The Morgan fingerprint density at radius 2 is 1.72 bits per heavy atom. The highest BCUT2D eigenvalue weighted by atomic mass is 16.7. The molecule has 2 aromatic carbocycles. The average molecular weight is 441 g/mol. The Labute approximate surface area is 184 Å². The van der Waals surface area contributed by atoms with E-state index in [4.69, 9.17) is 18.9 Å². The molecule has 10 heteroatoms. The molecule has 1 fully saturated rings. The van der Waals surface area contributed by atoms with E-state index in [1.807, 2.05) is 30.3 Å². The van der Waals surface area contributed by atoms with Crippen LogP contribution in [0, 0.1) is 0 Å². The fourth-order valence-corrected chi connectivity index (χ4v) is 3.33. The maximum atomic E-state index is 12.5. The number of carbonyl (C=O) groups excluding carboxylic acids is 3. The Morgan fingerprint density at radius 3 is 2.56 bits per heavy atom. The number of rotatable bonds is 7. The molecule has 3 amide bonds. The topological polar surface area (TPSA) is 107 Å². The van der Waals surface area contributed by atoms with Crippen molar-refractivity contribution in [1.82, 2.24) is 10.0 Å². The Balaban J connectivity index is 1.20. The van der Waals surface area contributed by atoms with Gasteiger partial charge in [-0.2, -0.15) is 0 Å². The van der Waals surface area contributed by atoms with Crippen molar-refractivity contribution in [2.45, 2.75) is 13.0 Å². The molecule has 2 aromatic rings. The van der Waals surface area contributed by atoms with Crippen LogP contribution in [-0.2, 0) is 25.7 Å². The van der Waals surface area contributed by atoms with Crippen molar-refractivity contribution in [3.05, 3.63) is 54.1 Å². The standard InChI is InChI=1S/C22H23N3O7/c26-20(23-17-7-8-18-19(11-17)32-15-31-18)13-29-14-21(27)24-9-4-10-25(24)22(28)30-12-16-5-2-1-3-6-16/h1-3,5-8,11H,4,9-10,12-15H2,(H,23,26). The van der Waals surface area contributed by atoms with Crippen LogP contribution in [0.25, 0.3) is 0 Å². The molecule has 0 radical (unpaired) electrons. The summed E-state index contributed by atoms with van der Waals surface area (Å²) < 4.78 is 21.0. The summed E-state index contributed by atoms with van der Waals surface area (Å²) in [5.41, 5.74) is 1.38. The highest BCUT2D eigenvalue weighted by molar-refractivity contribution is 5.92. The van der Waals surface area contributed by atoms with Crippen molar-refractivity contribution in [2.24, 2.45) is 0 Å². The molecule has 0 aliphatic carbocycles. The Hall–Kier alpha value is -3.79. The molecule has 4 rings (SSSR count). The molecule has 0 spiro atoms. The van der Waals surface area contributed by atoms with Crippen LogP contribution < -0.4 is 14.8 Å². The van der Waals surface area contributed by atoms with E-state index in [0.29, 0.717) is 36.7 Å². The number of carbonyl (C=O) groups is 3. The van der Waals surface area contributed by atoms with E-state index in [1.165, 1.54) is 10.0 Å². The van der Waals surface area contributed by atoms with Gasteiger partial charge in [-0.3, -0.25) is 9.59 Å². The van der Waals surface area contributed by atoms with Gasteiger partial charge in [0.2, 0.25) is 12.7 Å². The third-order valence-electron chi connectivity index (χ3n) is 4.85. The van der Waals surface area contributed by atoms with E-state index in [2.05, 4.69) is 5.32 Å². The zero-order chi connectivity index (χ0) is 22.3. The SMILES string of the molecule is O=C(COCC(=O)N1CCCN1C(=O)OCc1ccccc1)Nc1ccc2c(c1)OCO2. The van der Waals surface area contributed by atoms with Gasteiger partial charge in [0.15, 0.2) is 11.5 Å². The number of hydrogen-bond acceptors (Lipinski definition) is 7. The van der Waals surface area contributed by atoms with Gasteiger partial charge in [-0.25, -0.2) is 14.8 Å². The molecule has 1 saturated heterocycles. The third kappa shape index (κ3) is 5.27. The van der Waals surface area contributed by atoms with Crippen molar-refractivity contribution >= 4 is 23.6 Å². The second-order valence-electron chi connectivity index (χ2n) is 7.14. The number of fused-ring (bicyclic) bond motifs is 1. The molecule has 10 nitrogen and oxygen atoms in total. The molecule has 32 heavy (non-hydrogen) atoms. The van der Waals surface area contributed by atoms with Crippen LogP contribution in [0.2, 0.25) is 0 Å². The lowest BCUT2D eigenvalue weighted by Gasteiger charge is -2.27. The van der Waals surface area contributed by atoms with Gasteiger partial charge in [0.25, 0.3) is 5.91 Å². The quantitative estimate of drug-likeness (QED) is 0.702. The highest BCUT2D eigenvalue weighted by Gasteiger charge is 2.31. The second-order valence-corrected chi connectivity index (χ2v) is 7.14. The van der Waals surface area contributed by atoms with E-state index >= 15 is 0 Å². The van der Waals surface area contributed by atoms with Crippen LogP contribution in [0.1, 0.15) is 12.0 Å². The molecule has 1 N–H and O–H groups in total. The van der Waals surface area contributed by atoms with E-state index in [1.54, 1.807) is 18.2 Å². The first kappa shape index (κ1) is 21.4. The normalized spacial score (nSPS) is 14.4. The summed E-state index contributed by atoms with van der Waals surface area (Å²) in [6.07, 6.45) is 0.0387. The van der Waals surface area contributed by atoms with Gasteiger partial charge < -0.3 is 24.3 Å². The molecule has 0 aromatic heterocycles. The first-order chi connectivity index (χ1) is 15.6. The molecular formula is C22H23N3O7. The second kappa shape index (κ2) is 10.0. The van der Waals surface area contributed by atoms with E-state index < -0.39 is 17.9 Å². The van der Waals surface area contributed by atoms with E-state index in [9.17, 15) is 14.4 Å². The summed E-state index contributed by atoms with van der Waals surface area (Å²) in [7, 11) is 0. The van der Waals surface area contributed by atoms with Gasteiger partial charge in [0.1, 0.15) is 19.8 Å². The predicted molar refractivity (Wildman–Crippen MR) is 112 cm³/mol. The number of nitrogens with one attached hydrogen (secondary N) is 1. The summed E-state index contributed by atoms with van der Waals surface area (Å²) >= 11 is 0. The van der Waals surface area contributed by atoms with Crippen LogP contribution in [0.4, 0.5) is 10.5 Å². The van der Waals surface area contributed by atoms with Gasteiger partial charge in [0.05, 0.1) is 0 Å². The molecule has 0 saturated carbocycles. The predicted octanol–water partition coefficient (Wildman–Crippen LogP) is 2.16. The number of hydrazine groups is 1. The smallest absolute Gasteiger partial charge is 0.429 e. The molecule has 0 atom stereocenters. The molecular weight excluding hydrogens is 418 g/mol. The van der Waals surface area contributed by atoms with Crippen molar-refractivity contribution < 1.29 is 33.3 Å². The lowest BCUT2D eigenvalue weighted by molar-refractivity contribution is -0.147. The fourth-order valence-electron chi connectivity index (χ4n) is 3.33. The van der Waals surface area contributed by atoms with Crippen LogP contribution in [-0.4, -0.2) is 61.0 Å². The fraction of sp³-hybridized carbons (Fsp3) is 0.318. The van der Waals surface area contributed by atoms with E-state index in [0.717, 1.165) is 5.56 Å². The van der Waals surface area contributed by atoms with Gasteiger partial charge >= 0.3 is 6.09 Å². The molecule has 2 heterocycles. The van der Waals surface area contributed by atoms with Crippen LogP contribution in [0.3, 0.4) is 0 Å². The Kier molecular flexibility index (Phi) is 6.71. The number of amides is 3. The lowest BCUT2D eigenvalue weighted by atomic mass is 10.2. The van der Waals surface area contributed by atoms with Crippen molar-refractivity contribution in [1.29, 1.82) is 0 Å². The Bertz CT molecular complexity index is 983. The number of ether oxygens (including phenoxy) is 4. The number of hydrogen-bond donors (Lipinski definition) is 1. The number of benzene rings is 2. The third-order valence-corrected chi connectivity index (χ3v) is 4.85. The average Bonchev–Trinajstić information content (AvgIpc) is 3.47. The van der Waals surface area contributed by atoms with Gasteiger partial charge in [-0.15, -0.1) is 0 Å². The molecule has 2 aliphatic rings. The monoisotopic (exact) mass is 441 g/mol. The summed E-state index contributed by atoms with van der Waals surface area (Å²) in [5, 5.41) is 5.23. The largest absolute Gasteiger partial charge is 0.454 e. The first-order valence-electron chi connectivity index (χ1n) is 10.2. The highest BCUT2D eigenvalue weighted by Crippen LogP contribution is 2.34. The van der Waals surface area contributed by atoms with Crippen molar-refractivity contribution in [2.75, 3.05) is 38.4 Å². The minimum atomic E-state index is -0.597. The van der Waals surface area contributed by atoms with Crippen LogP contribution in [0.15, 0.2) is 48.5 Å². The van der Waals surface area contributed by atoms with Crippen molar-refractivity contribution in [3.8, 4) is 11.5 Å². The maximum Gasteiger partial charge on any atom is 0.429 e. The van der Waals surface area contributed by atoms with E-state index in [-0.39, 0.29) is 26.6 Å². The Morgan fingerprint density at radius 1 is 0.938 bits per heavy atom. The summed E-state index contributed by atoms with van der Waals surface area (Å²) in [6, 6.07) is 14.3. The van der Waals surface area contributed by atoms with Crippen LogP contribution in [0.5, 0.6) is 11.5 Å². The molecule has 168 valence electrons. The number of anilines is 1. The van der Waals surface area contributed by atoms with Crippen LogP contribution >= 0.6 is 0 Å². The first-order valence-corrected chi connectivity index (χ1v) is 10.2. The number of nitrogens with zero attached hydrogens (tertiary/aromatic N) is 2. The summed E-state index contributed by atoms with van der Waals surface area (Å²) in [6.45, 7) is 0.374. The summed E-state index contributed by atoms with van der Waals surface area (Å²) in [4.78, 5) is 37.0. The zero-order valence-corrected chi connectivity index (χ0v) is 17.3. The zero-order valence-electron chi connectivity index (χ0n) is 17.3. The molecule has 2 aliphatic heterocycles. The molecule has 0 bridgehead atoms. The van der Waals surface area contributed by atoms with Crippen molar-refractivity contribution in [3.63, 3.8) is 0 Å². The summed E-state index contributed by atoms with van der Waals surface area (Å²) in [5.74, 6) is 0.321. The van der Waals surface area contributed by atoms with Gasteiger partial charge in [0, 0.05) is 24.8 Å². The van der Waals surface area contributed by atoms with Gasteiger partial charge in [-0.05, 0) is 24.1 Å². The minimum Gasteiger partial charge on any atom is -0.454 e. The van der Waals surface area contributed by atoms with Gasteiger partial charge in [-0.1, -0.05) is 30.3 Å². The molecule has 0 unspecified atom stereocenters. The minimum absolute atomic E-state index is 0.120.